The summed E-state index contributed by atoms with van der Waals surface area (Å²) in [5, 5.41) is 6.32. The highest BCUT2D eigenvalue weighted by Gasteiger charge is 2.07. The number of nitrogens with zero attached hydrogens (tertiary/aromatic N) is 1. The highest BCUT2D eigenvalue weighted by Crippen LogP contribution is 2.17. The zero-order valence-electron chi connectivity index (χ0n) is 10.6. The predicted octanol–water partition coefficient (Wildman–Crippen LogP) is 2.19. The van der Waals surface area contributed by atoms with E-state index in [0.29, 0.717) is 11.5 Å². The molecule has 0 saturated carbocycles. The third-order valence-electron chi connectivity index (χ3n) is 2.44. The van der Waals surface area contributed by atoms with E-state index < -0.39 is 5.82 Å². The highest BCUT2D eigenvalue weighted by molar-refractivity contribution is 5.86. The molecule has 0 unspecified atom stereocenters. The maximum Gasteiger partial charge on any atom is 0.243 e. The van der Waals surface area contributed by atoms with Crippen LogP contribution in [0.1, 0.15) is 11.5 Å². The molecule has 1 aromatic heterocycles. The van der Waals surface area contributed by atoms with Gasteiger partial charge in [0.05, 0.1) is 6.54 Å². The summed E-state index contributed by atoms with van der Waals surface area (Å²) in [7, 11) is 0. The summed E-state index contributed by atoms with van der Waals surface area (Å²) < 4.78 is 23.6. The normalized spacial score (nSPS) is 10.1. The minimum absolute atomic E-state index is 0.0589. The zero-order valence-corrected chi connectivity index (χ0v) is 10.6. The number of para-hydroxylation sites is 1. The summed E-state index contributed by atoms with van der Waals surface area (Å²) in [6.07, 6.45) is 1.17. The van der Waals surface area contributed by atoms with Crippen molar-refractivity contribution in [1.82, 2.24) is 10.5 Å². The van der Waals surface area contributed by atoms with Gasteiger partial charge >= 0.3 is 0 Å². The molecular formula is C14H13FN2O3. The van der Waals surface area contributed by atoms with Crippen molar-refractivity contribution < 1.29 is 18.4 Å². The molecule has 0 atom stereocenters. The molecule has 1 heterocycles. The molecule has 5 nitrogen and oxygen atoms in total. The van der Waals surface area contributed by atoms with Gasteiger partial charge in [-0.2, -0.15) is 0 Å². The first-order valence-electron chi connectivity index (χ1n) is 5.91. The minimum Gasteiger partial charge on any atom is -0.482 e. The van der Waals surface area contributed by atoms with Crippen molar-refractivity contribution in [3.63, 3.8) is 0 Å². The Kier molecular flexibility index (Phi) is 4.49. The molecule has 0 bridgehead atoms. The molecular weight excluding hydrogens is 263 g/mol. The Morgan fingerprint density at radius 1 is 1.50 bits per heavy atom. The second-order valence-corrected chi connectivity index (χ2v) is 3.93. The third kappa shape index (κ3) is 3.68. The molecule has 0 aliphatic carbocycles. The fourth-order valence-corrected chi connectivity index (χ4v) is 1.47. The number of rotatable bonds is 6. The van der Waals surface area contributed by atoms with E-state index in [-0.39, 0.29) is 24.8 Å². The van der Waals surface area contributed by atoms with Gasteiger partial charge in [-0.1, -0.05) is 23.9 Å². The van der Waals surface area contributed by atoms with Crippen LogP contribution in [0.25, 0.3) is 0 Å². The molecule has 20 heavy (non-hydrogen) atoms. The van der Waals surface area contributed by atoms with Crippen molar-refractivity contribution >= 4 is 5.91 Å². The second-order valence-electron chi connectivity index (χ2n) is 3.93. The van der Waals surface area contributed by atoms with Crippen LogP contribution in [0.3, 0.4) is 0 Å². The van der Waals surface area contributed by atoms with Crippen LogP contribution >= 0.6 is 0 Å². The van der Waals surface area contributed by atoms with Crippen LogP contribution in [-0.2, 0) is 17.9 Å². The number of ether oxygens (including phenoxy) is 1. The number of aromatic nitrogens is 1. The van der Waals surface area contributed by atoms with E-state index in [0.717, 1.165) is 0 Å². The minimum atomic E-state index is -0.439. The molecule has 2 aromatic rings. The molecule has 6 heteroatoms. The van der Waals surface area contributed by atoms with Gasteiger partial charge in [0, 0.05) is 6.07 Å². The quantitative estimate of drug-likeness (QED) is 0.821. The molecule has 0 aliphatic heterocycles. The number of halogens is 1. The summed E-state index contributed by atoms with van der Waals surface area (Å²) in [5.74, 6) is -0.149. The summed E-state index contributed by atoms with van der Waals surface area (Å²) in [5.41, 5.74) is 0.548. The van der Waals surface area contributed by atoms with Crippen LogP contribution in [0.2, 0.25) is 0 Å². The average molecular weight is 276 g/mol. The van der Waals surface area contributed by atoms with Crippen molar-refractivity contribution in [2.24, 2.45) is 0 Å². The Hall–Kier alpha value is -2.63. The Balaban J connectivity index is 1.88. The second kappa shape index (κ2) is 6.51. The third-order valence-corrected chi connectivity index (χ3v) is 2.44. The number of amides is 1. The molecule has 0 fully saturated rings. The number of nitrogens with one attached hydrogen (secondary N) is 1. The largest absolute Gasteiger partial charge is 0.482 e. The van der Waals surface area contributed by atoms with Gasteiger partial charge < -0.3 is 14.6 Å². The monoisotopic (exact) mass is 276 g/mol. The van der Waals surface area contributed by atoms with Crippen molar-refractivity contribution in [1.29, 1.82) is 0 Å². The maximum atomic E-state index is 13.3. The lowest BCUT2D eigenvalue weighted by molar-refractivity contribution is -0.116. The van der Waals surface area contributed by atoms with Gasteiger partial charge in [-0.15, -0.1) is 0 Å². The van der Waals surface area contributed by atoms with Crippen LogP contribution in [0, 0.1) is 5.82 Å². The first-order chi connectivity index (χ1) is 9.69. The number of hydrogen-bond donors (Lipinski definition) is 1. The SMILES string of the molecule is C=CC(=O)NCc1cc(COc2ccccc2F)on1. The van der Waals surface area contributed by atoms with Gasteiger partial charge in [0.1, 0.15) is 12.3 Å². The van der Waals surface area contributed by atoms with Gasteiger partial charge in [0.15, 0.2) is 17.3 Å². The van der Waals surface area contributed by atoms with Crippen molar-refractivity contribution in [3.8, 4) is 5.75 Å². The first-order valence-corrected chi connectivity index (χ1v) is 5.91. The van der Waals surface area contributed by atoms with Crippen LogP contribution in [-0.4, -0.2) is 11.1 Å². The summed E-state index contributed by atoms with van der Waals surface area (Å²) in [6, 6.07) is 7.72. The standard InChI is InChI=1S/C14H13FN2O3/c1-2-14(18)16-8-10-7-11(20-17-10)9-19-13-6-4-3-5-12(13)15/h2-7H,1,8-9H2,(H,16,18). The summed E-state index contributed by atoms with van der Waals surface area (Å²) in [6.45, 7) is 3.63. The number of carbonyl (C=O) groups is 1. The molecule has 0 aliphatic rings. The smallest absolute Gasteiger partial charge is 0.243 e. The molecule has 1 aromatic carbocycles. The lowest BCUT2D eigenvalue weighted by Gasteiger charge is -2.03. The molecule has 0 saturated heterocycles. The summed E-state index contributed by atoms with van der Waals surface area (Å²) >= 11 is 0. The van der Waals surface area contributed by atoms with Gasteiger partial charge in [0.2, 0.25) is 5.91 Å². The van der Waals surface area contributed by atoms with Gasteiger partial charge in [-0.25, -0.2) is 4.39 Å². The Bertz CT molecular complexity index is 610. The molecule has 0 radical (unpaired) electrons. The van der Waals surface area contributed by atoms with Crippen molar-refractivity contribution in [3.05, 3.63) is 60.3 Å². The van der Waals surface area contributed by atoms with E-state index in [4.69, 9.17) is 9.26 Å². The number of hydrogen-bond acceptors (Lipinski definition) is 4. The van der Waals surface area contributed by atoms with Crippen LogP contribution in [0.4, 0.5) is 4.39 Å². The Labute approximate surface area is 115 Å². The molecule has 104 valence electrons. The molecule has 1 amide bonds. The summed E-state index contributed by atoms with van der Waals surface area (Å²) in [4.78, 5) is 11.0. The predicted molar refractivity (Wildman–Crippen MR) is 69.3 cm³/mol. The molecule has 1 N–H and O–H groups in total. The van der Waals surface area contributed by atoms with E-state index in [2.05, 4.69) is 17.1 Å². The van der Waals surface area contributed by atoms with Crippen molar-refractivity contribution in [2.45, 2.75) is 13.2 Å². The number of benzene rings is 1. The van der Waals surface area contributed by atoms with Crippen LogP contribution < -0.4 is 10.1 Å². The maximum absolute atomic E-state index is 13.3. The number of carbonyl (C=O) groups excluding carboxylic acids is 1. The van der Waals surface area contributed by atoms with Crippen molar-refractivity contribution in [2.75, 3.05) is 0 Å². The fraction of sp³-hybridized carbons (Fsp3) is 0.143. The van der Waals surface area contributed by atoms with Crippen LogP contribution in [0.15, 0.2) is 47.5 Å². The average Bonchev–Trinajstić information content (AvgIpc) is 2.92. The topological polar surface area (TPSA) is 64.4 Å². The lowest BCUT2D eigenvalue weighted by Crippen LogP contribution is -2.19. The zero-order chi connectivity index (χ0) is 14.4. The lowest BCUT2D eigenvalue weighted by atomic mass is 10.3. The van der Waals surface area contributed by atoms with E-state index in [1.807, 2.05) is 0 Å². The van der Waals surface area contributed by atoms with E-state index in [9.17, 15) is 9.18 Å². The van der Waals surface area contributed by atoms with Crippen LogP contribution in [0.5, 0.6) is 5.75 Å². The van der Waals surface area contributed by atoms with E-state index >= 15 is 0 Å². The fourth-order valence-electron chi connectivity index (χ4n) is 1.47. The molecule has 2 rings (SSSR count). The first kappa shape index (κ1) is 13.8. The van der Waals surface area contributed by atoms with Gasteiger partial charge in [-0.3, -0.25) is 4.79 Å². The van der Waals surface area contributed by atoms with Gasteiger partial charge in [0.25, 0.3) is 0 Å². The van der Waals surface area contributed by atoms with E-state index in [1.165, 1.54) is 18.2 Å². The molecule has 0 spiro atoms. The Morgan fingerprint density at radius 2 is 2.30 bits per heavy atom. The van der Waals surface area contributed by atoms with E-state index in [1.54, 1.807) is 18.2 Å². The Morgan fingerprint density at radius 3 is 3.05 bits per heavy atom. The van der Waals surface area contributed by atoms with Gasteiger partial charge in [-0.05, 0) is 18.2 Å². The highest BCUT2D eigenvalue weighted by atomic mass is 19.1.